The second-order valence-electron chi connectivity index (χ2n) is 6.13. The zero-order valence-corrected chi connectivity index (χ0v) is 15.5. The molecule has 7 nitrogen and oxygen atoms in total. The van der Waals surface area contributed by atoms with E-state index in [2.05, 4.69) is 10.3 Å². The maximum Gasteiger partial charge on any atom is 0.328 e. The van der Waals surface area contributed by atoms with E-state index in [1.807, 2.05) is 41.8 Å². The highest BCUT2D eigenvalue weighted by atomic mass is 32.1. The predicted octanol–water partition coefficient (Wildman–Crippen LogP) is 2.76. The molecule has 1 amide bonds. The number of rotatable bonds is 6. The number of amides is 1. The van der Waals surface area contributed by atoms with Gasteiger partial charge in [-0.3, -0.25) is 13.9 Å². The SMILES string of the molecule is Cn1c(=O)n(CCC(=O)NCc2coc(-c3cccs3)n2)c2ccccc21. The van der Waals surface area contributed by atoms with E-state index < -0.39 is 0 Å². The van der Waals surface area contributed by atoms with Crippen molar-refractivity contribution in [1.82, 2.24) is 19.4 Å². The fourth-order valence-electron chi connectivity index (χ4n) is 2.97. The largest absolute Gasteiger partial charge is 0.443 e. The number of aryl methyl sites for hydroxylation is 2. The number of nitrogens with one attached hydrogen (secondary N) is 1. The molecule has 0 saturated heterocycles. The fourth-order valence-corrected chi connectivity index (χ4v) is 3.63. The number of benzene rings is 1. The molecule has 0 aliphatic heterocycles. The van der Waals surface area contributed by atoms with Gasteiger partial charge < -0.3 is 9.73 Å². The lowest BCUT2D eigenvalue weighted by Crippen LogP contribution is -2.27. The van der Waals surface area contributed by atoms with Gasteiger partial charge in [0.15, 0.2) is 0 Å². The molecule has 3 heterocycles. The molecule has 27 heavy (non-hydrogen) atoms. The number of nitrogens with zero attached hydrogens (tertiary/aromatic N) is 3. The maximum atomic E-state index is 12.4. The zero-order valence-electron chi connectivity index (χ0n) is 14.7. The summed E-state index contributed by atoms with van der Waals surface area (Å²) in [5.41, 5.74) is 2.22. The lowest BCUT2D eigenvalue weighted by molar-refractivity contribution is -0.121. The first-order valence-electron chi connectivity index (χ1n) is 8.53. The van der Waals surface area contributed by atoms with Crippen molar-refractivity contribution in [3.8, 4) is 10.8 Å². The van der Waals surface area contributed by atoms with Crippen molar-refractivity contribution in [3.05, 3.63) is 64.2 Å². The first-order chi connectivity index (χ1) is 13.1. The normalized spacial score (nSPS) is 11.1. The summed E-state index contributed by atoms with van der Waals surface area (Å²) in [5, 5.41) is 4.78. The molecule has 1 aromatic carbocycles. The summed E-state index contributed by atoms with van der Waals surface area (Å²) < 4.78 is 8.65. The lowest BCUT2D eigenvalue weighted by atomic mass is 10.3. The van der Waals surface area contributed by atoms with Gasteiger partial charge in [0.05, 0.1) is 28.1 Å². The van der Waals surface area contributed by atoms with Gasteiger partial charge in [-0.2, -0.15) is 0 Å². The summed E-state index contributed by atoms with van der Waals surface area (Å²) in [6.45, 7) is 0.615. The average Bonchev–Trinajstić information content (AvgIpc) is 3.41. The van der Waals surface area contributed by atoms with Gasteiger partial charge in [-0.15, -0.1) is 11.3 Å². The van der Waals surface area contributed by atoms with Crippen LogP contribution in [-0.2, 0) is 24.9 Å². The van der Waals surface area contributed by atoms with Crippen LogP contribution < -0.4 is 11.0 Å². The minimum absolute atomic E-state index is 0.124. The second kappa shape index (κ2) is 7.24. The van der Waals surface area contributed by atoms with Gasteiger partial charge in [-0.25, -0.2) is 9.78 Å². The monoisotopic (exact) mass is 382 g/mol. The van der Waals surface area contributed by atoms with Gasteiger partial charge in [-0.05, 0) is 23.6 Å². The topological polar surface area (TPSA) is 82.1 Å². The van der Waals surface area contributed by atoms with Crippen LogP contribution in [0.25, 0.3) is 21.8 Å². The third-order valence-electron chi connectivity index (χ3n) is 4.36. The minimum Gasteiger partial charge on any atom is -0.443 e. The Morgan fingerprint density at radius 3 is 2.81 bits per heavy atom. The molecule has 0 atom stereocenters. The molecule has 1 N–H and O–H groups in total. The first kappa shape index (κ1) is 17.3. The molecular weight excluding hydrogens is 364 g/mol. The minimum atomic E-state index is -0.143. The van der Waals surface area contributed by atoms with Gasteiger partial charge in [-0.1, -0.05) is 18.2 Å². The van der Waals surface area contributed by atoms with Crippen LogP contribution in [-0.4, -0.2) is 20.0 Å². The maximum absolute atomic E-state index is 12.4. The van der Waals surface area contributed by atoms with Crippen LogP contribution in [0.4, 0.5) is 0 Å². The van der Waals surface area contributed by atoms with Gasteiger partial charge in [0, 0.05) is 20.0 Å². The third kappa shape index (κ3) is 3.43. The molecule has 0 saturated carbocycles. The highest BCUT2D eigenvalue weighted by Crippen LogP contribution is 2.23. The number of hydrogen-bond donors (Lipinski definition) is 1. The van der Waals surface area contributed by atoms with Gasteiger partial charge >= 0.3 is 5.69 Å². The molecule has 8 heteroatoms. The molecule has 0 spiro atoms. The van der Waals surface area contributed by atoms with Gasteiger partial charge in [0.25, 0.3) is 0 Å². The summed E-state index contributed by atoms with van der Waals surface area (Å²) in [6.07, 6.45) is 1.76. The fraction of sp³-hybridized carbons (Fsp3) is 0.211. The van der Waals surface area contributed by atoms with E-state index in [1.165, 1.54) is 0 Å². The molecule has 0 aliphatic carbocycles. The molecule has 0 fully saturated rings. The first-order valence-corrected chi connectivity index (χ1v) is 9.40. The highest BCUT2D eigenvalue weighted by Gasteiger charge is 2.12. The van der Waals surface area contributed by atoms with Crippen molar-refractivity contribution < 1.29 is 9.21 Å². The van der Waals surface area contributed by atoms with E-state index in [0.29, 0.717) is 18.1 Å². The zero-order chi connectivity index (χ0) is 18.8. The van der Waals surface area contributed by atoms with Crippen molar-refractivity contribution in [1.29, 1.82) is 0 Å². The summed E-state index contributed by atoms with van der Waals surface area (Å²) >= 11 is 1.55. The molecule has 0 bridgehead atoms. The van der Waals surface area contributed by atoms with E-state index in [9.17, 15) is 9.59 Å². The Balaban J connectivity index is 1.37. The number of carbonyl (C=O) groups is 1. The average molecular weight is 382 g/mol. The van der Waals surface area contributed by atoms with Gasteiger partial charge in [0.2, 0.25) is 11.8 Å². The number of fused-ring (bicyclic) bond motifs is 1. The molecule has 138 valence electrons. The molecule has 0 unspecified atom stereocenters. The van der Waals surface area contributed by atoms with E-state index >= 15 is 0 Å². The summed E-state index contributed by atoms with van der Waals surface area (Å²) in [7, 11) is 1.73. The molecular formula is C19H18N4O3S. The number of imidazole rings is 1. The van der Waals surface area contributed by atoms with E-state index in [0.717, 1.165) is 15.9 Å². The number of thiophene rings is 1. The standard InChI is InChI=1S/C19H18N4O3S/c1-22-14-5-2-3-6-15(14)23(19(22)25)9-8-17(24)20-11-13-12-26-18(21-13)16-7-4-10-27-16/h2-7,10,12H,8-9,11H2,1H3,(H,20,24). The Bertz CT molecular complexity index is 1140. The van der Waals surface area contributed by atoms with Crippen LogP contribution in [0, 0.1) is 0 Å². The van der Waals surface area contributed by atoms with Crippen molar-refractivity contribution in [2.75, 3.05) is 0 Å². The number of hydrogen-bond acceptors (Lipinski definition) is 5. The van der Waals surface area contributed by atoms with Crippen LogP contribution in [0.3, 0.4) is 0 Å². The Labute approximate surface area is 158 Å². The smallest absolute Gasteiger partial charge is 0.328 e. The quantitative estimate of drug-likeness (QED) is 0.556. The van der Waals surface area contributed by atoms with E-state index in [-0.39, 0.29) is 24.6 Å². The molecule has 0 radical (unpaired) electrons. The number of aromatic nitrogens is 3. The van der Waals surface area contributed by atoms with E-state index in [1.54, 1.807) is 33.8 Å². The molecule has 3 aromatic heterocycles. The summed E-state index contributed by atoms with van der Waals surface area (Å²) in [4.78, 5) is 29.9. The van der Waals surface area contributed by atoms with Crippen LogP contribution in [0.5, 0.6) is 0 Å². The molecule has 4 aromatic rings. The Hall–Kier alpha value is -3.13. The van der Waals surface area contributed by atoms with Crippen LogP contribution in [0.1, 0.15) is 12.1 Å². The predicted molar refractivity (Wildman–Crippen MR) is 103 cm³/mol. The number of oxazole rings is 1. The number of carbonyl (C=O) groups excluding carboxylic acids is 1. The molecule has 0 aliphatic rings. The van der Waals surface area contributed by atoms with Crippen LogP contribution >= 0.6 is 11.3 Å². The lowest BCUT2D eigenvalue weighted by Gasteiger charge is -2.04. The molecule has 4 rings (SSSR count). The summed E-state index contributed by atoms with van der Waals surface area (Å²) in [5.74, 6) is 0.409. The summed E-state index contributed by atoms with van der Waals surface area (Å²) in [6, 6.07) is 11.4. The Morgan fingerprint density at radius 1 is 1.22 bits per heavy atom. The Kier molecular flexibility index (Phi) is 4.64. The third-order valence-corrected chi connectivity index (χ3v) is 5.22. The number of para-hydroxylation sites is 2. The van der Waals surface area contributed by atoms with Crippen molar-refractivity contribution in [3.63, 3.8) is 0 Å². The van der Waals surface area contributed by atoms with Crippen LogP contribution in [0.2, 0.25) is 0 Å². The highest BCUT2D eigenvalue weighted by molar-refractivity contribution is 7.13. The van der Waals surface area contributed by atoms with E-state index in [4.69, 9.17) is 4.42 Å². The van der Waals surface area contributed by atoms with Crippen molar-refractivity contribution in [2.24, 2.45) is 7.05 Å². The Morgan fingerprint density at radius 2 is 2.04 bits per heavy atom. The van der Waals surface area contributed by atoms with Crippen molar-refractivity contribution in [2.45, 2.75) is 19.5 Å². The van der Waals surface area contributed by atoms with Crippen LogP contribution in [0.15, 0.2) is 57.3 Å². The van der Waals surface area contributed by atoms with Gasteiger partial charge in [0.1, 0.15) is 6.26 Å². The van der Waals surface area contributed by atoms with Crippen molar-refractivity contribution >= 4 is 28.3 Å². The second-order valence-corrected chi connectivity index (χ2v) is 7.08.